The molecule has 10 nitrogen and oxygen atoms in total. The molecule has 0 aromatic heterocycles. The molecule has 10 heteroatoms. The maximum Gasteiger partial charge on any atom is 0.321 e. The van der Waals surface area contributed by atoms with Crippen LogP contribution in [0.3, 0.4) is 0 Å². The van der Waals surface area contributed by atoms with Crippen LogP contribution in [-0.2, 0) is 23.9 Å². The normalized spacial score (nSPS) is 22.4. The molecule has 5 aliphatic heterocycles. The van der Waals surface area contributed by atoms with Crippen molar-refractivity contribution >= 4 is 34.9 Å². The number of esters is 2. The number of nitrogens with one attached hydrogen (secondary N) is 1. The summed E-state index contributed by atoms with van der Waals surface area (Å²) in [4.78, 5) is 55.4. The van der Waals surface area contributed by atoms with Crippen LogP contribution in [0.25, 0.3) is 0 Å². The summed E-state index contributed by atoms with van der Waals surface area (Å²) in [5.41, 5.74) is 11.8. The highest BCUT2D eigenvalue weighted by Crippen LogP contribution is 2.49. The highest BCUT2D eigenvalue weighted by atomic mass is 16.5. The Labute approximate surface area is 394 Å². The van der Waals surface area contributed by atoms with Gasteiger partial charge >= 0.3 is 11.9 Å². The molecule has 8 bridgehead atoms. The molecule has 5 atom stereocenters. The van der Waals surface area contributed by atoms with E-state index >= 15 is 0 Å². The fraction of sp³-hybridized carbons (Fsp3) is 0.571. The average Bonchev–Trinajstić information content (AvgIpc) is 4.01. The molecule has 1 saturated heterocycles. The number of rotatable bonds is 21. The number of aliphatic imine (C=N–C) groups is 3. The average molecular weight is 901 g/mol. The van der Waals surface area contributed by atoms with Gasteiger partial charge in [0.05, 0.1) is 47.9 Å². The van der Waals surface area contributed by atoms with Crippen LogP contribution in [0.4, 0.5) is 0 Å². The molecular formula is C56H76N4O6. The third-order valence-electron chi connectivity index (χ3n) is 14.6. The minimum atomic E-state index is -1.11. The van der Waals surface area contributed by atoms with Crippen molar-refractivity contribution in [2.45, 2.75) is 160 Å². The van der Waals surface area contributed by atoms with Crippen LogP contribution in [0.2, 0.25) is 0 Å². The van der Waals surface area contributed by atoms with E-state index in [4.69, 9.17) is 24.5 Å². The van der Waals surface area contributed by atoms with E-state index in [2.05, 4.69) is 59.9 Å². The van der Waals surface area contributed by atoms with E-state index in [0.717, 1.165) is 70.0 Å². The summed E-state index contributed by atoms with van der Waals surface area (Å²) >= 11 is 0. The van der Waals surface area contributed by atoms with E-state index < -0.39 is 11.9 Å². The first kappa shape index (κ1) is 50.3. The zero-order valence-electron chi connectivity index (χ0n) is 42.0. The Morgan fingerprint density at radius 3 is 2.14 bits per heavy atom. The fourth-order valence-corrected chi connectivity index (χ4v) is 10.6. The molecule has 6 aliphatic rings. The first-order valence-electron chi connectivity index (χ1n) is 24.8. The van der Waals surface area contributed by atoms with Gasteiger partial charge in [-0.2, -0.15) is 0 Å². The minimum absolute atomic E-state index is 0.0874. The molecule has 356 valence electrons. The molecule has 0 aromatic rings. The Bertz CT molecular complexity index is 2370. The Hall–Kier alpha value is -5.12. The predicted molar refractivity (Wildman–Crippen MR) is 267 cm³/mol. The number of carbonyl (C=O) groups is 3. The van der Waals surface area contributed by atoms with E-state index in [1.165, 1.54) is 64.0 Å². The molecule has 0 aromatic carbocycles. The maximum absolute atomic E-state index is 13.6. The number of Topliss-reactive ketones (excluding diaryl/α,β-unsaturated/α-hetero) is 1. The van der Waals surface area contributed by atoms with Crippen molar-refractivity contribution in [1.82, 2.24) is 5.32 Å². The maximum atomic E-state index is 13.6. The Morgan fingerprint density at radius 1 is 0.833 bits per heavy atom. The molecule has 0 amide bonds. The van der Waals surface area contributed by atoms with Crippen molar-refractivity contribution < 1.29 is 29.0 Å². The number of hydrogen-bond donors (Lipinski definition) is 2. The zero-order chi connectivity index (χ0) is 48.0. The first-order valence-corrected chi connectivity index (χ1v) is 24.8. The van der Waals surface area contributed by atoms with Crippen molar-refractivity contribution in [1.29, 1.82) is 0 Å². The summed E-state index contributed by atoms with van der Waals surface area (Å²) in [5, 5.41) is 15.6. The second-order valence-electron chi connectivity index (χ2n) is 20.2. The number of ketones is 1. The Morgan fingerprint density at radius 2 is 1.48 bits per heavy atom. The van der Waals surface area contributed by atoms with Crippen molar-refractivity contribution in [2.75, 3.05) is 13.7 Å². The number of fused-ring (bicyclic) bond motifs is 5. The standard InChI is InChI=1S/C56H76N4O6/c1-13-40-35(7)42-30-47-49(39(11)61)37(9)44(58-47)28-43-36(8)41(53(59-43)51-52(56(64)65-12)55(63)50-38(10)45(60-54(50)51)29-46(40)57-42)25-26-48(62)66-27-17-24-34(6)23-16-22-33(5)21-15-20-32(4)19-14-18-31(2)3/h24,28-33,36,41,52,59,63H,13-23,25-27H2,1-12H3/b34-24+,43-28?,46-29?,47-30?,53-51?/t32-,33-,36+,41+,52-/m1/s1. The highest BCUT2D eigenvalue weighted by Gasteiger charge is 2.49. The number of nitrogens with zero attached hydrogens (tertiary/aromatic N) is 3. The number of carbonyl (C=O) groups excluding carboxylic acids is 3. The third-order valence-corrected chi connectivity index (χ3v) is 14.6. The van der Waals surface area contributed by atoms with Gasteiger partial charge in [0, 0.05) is 46.4 Å². The molecule has 0 radical (unpaired) electrons. The Kier molecular flexibility index (Phi) is 16.9. The van der Waals surface area contributed by atoms with Gasteiger partial charge in [-0.3, -0.25) is 14.4 Å². The summed E-state index contributed by atoms with van der Waals surface area (Å²) < 4.78 is 11.1. The fourth-order valence-electron chi connectivity index (χ4n) is 10.6. The van der Waals surface area contributed by atoms with Crippen LogP contribution in [0.1, 0.15) is 160 Å². The number of aliphatic hydroxyl groups is 1. The summed E-state index contributed by atoms with van der Waals surface area (Å²) in [6, 6.07) is 0. The smallest absolute Gasteiger partial charge is 0.321 e. The second-order valence-corrected chi connectivity index (χ2v) is 20.2. The number of aliphatic hydroxyl groups excluding tert-OH is 1. The van der Waals surface area contributed by atoms with E-state index in [9.17, 15) is 19.5 Å². The second kappa shape index (κ2) is 22.1. The molecule has 1 aliphatic carbocycles. The van der Waals surface area contributed by atoms with E-state index in [1.54, 1.807) is 6.92 Å². The molecule has 0 unspecified atom stereocenters. The molecule has 5 heterocycles. The Balaban J connectivity index is 1.18. The van der Waals surface area contributed by atoms with Crippen LogP contribution < -0.4 is 5.32 Å². The molecule has 6 rings (SSSR count). The van der Waals surface area contributed by atoms with Crippen LogP contribution in [0, 0.1) is 35.5 Å². The quantitative estimate of drug-likeness (QED) is 0.0664. The summed E-state index contributed by atoms with van der Waals surface area (Å²) in [5.74, 6) is -0.287. The lowest BCUT2D eigenvalue weighted by molar-refractivity contribution is -0.144. The van der Waals surface area contributed by atoms with Crippen LogP contribution >= 0.6 is 0 Å². The van der Waals surface area contributed by atoms with Crippen molar-refractivity contribution in [3.05, 3.63) is 103 Å². The van der Waals surface area contributed by atoms with E-state index in [0.29, 0.717) is 64.7 Å². The van der Waals surface area contributed by atoms with Gasteiger partial charge in [-0.25, -0.2) is 15.0 Å². The van der Waals surface area contributed by atoms with Gasteiger partial charge in [0.2, 0.25) is 0 Å². The van der Waals surface area contributed by atoms with E-state index in [1.807, 2.05) is 39.0 Å². The summed E-state index contributed by atoms with van der Waals surface area (Å²) in [7, 11) is 1.32. The molecule has 0 spiro atoms. The van der Waals surface area contributed by atoms with Crippen LogP contribution in [0.15, 0.2) is 118 Å². The lowest BCUT2D eigenvalue weighted by Gasteiger charge is -2.20. The van der Waals surface area contributed by atoms with Gasteiger partial charge in [0.25, 0.3) is 0 Å². The first-order chi connectivity index (χ1) is 31.4. The lowest BCUT2D eigenvalue weighted by atomic mass is 9.84. The SMILES string of the molecule is CCC1=C(C)C2=NC1=CC1=C(C)C3=C(O)[C@H](C(=O)OC)C(=C4NC(=CC5=NC(=C2)C(C(C)=O)=C5C)[C@@H](C)[C@@H]4CCC(=O)OCC/C=C(\C)CCC[C@H](C)CCC[C@H](C)CCCC(C)C)C3=N1. The van der Waals surface area contributed by atoms with Gasteiger partial charge in [0.1, 0.15) is 11.7 Å². The van der Waals surface area contributed by atoms with Gasteiger partial charge in [-0.1, -0.05) is 98.1 Å². The van der Waals surface area contributed by atoms with Crippen molar-refractivity contribution in [3.8, 4) is 0 Å². The number of methoxy groups -OCH3 is 1. The highest BCUT2D eigenvalue weighted by molar-refractivity contribution is 6.24. The van der Waals surface area contributed by atoms with Crippen molar-refractivity contribution in [2.24, 2.45) is 50.5 Å². The van der Waals surface area contributed by atoms with Crippen LogP contribution in [0.5, 0.6) is 0 Å². The number of allylic oxidation sites excluding steroid dienone is 12. The summed E-state index contributed by atoms with van der Waals surface area (Å²) in [6.07, 6.45) is 21.4. The predicted octanol–water partition coefficient (Wildman–Crippen LogP) is 12.7. The van der Waals surface area contributed by atoms with Crippen molar-refractivity contribution in [3.63, 3.8) is 0 Å². The molecule has 0 saturated carbocycles. The lowest BCUT2D eigenvalue weighted by Crippen LogP contribution is -2.25. The zero-order valence-corrected chi connectivity index (χ0v) is 42.0. The molecule has 2 N–H and O–H groups in total. The minimum Gasteiger partial charge on any atom is -0.510 e. The molecular weight excluding hydrogens is 825 g/mol. The number of hydrogen-bond acceptors (Lipinski definition) is 10. The van der Waals surface area contributed by atoms with Gasteiger partial charge in [-0.05, 0) is 125 Å². The largest absolute Gasteiger partial charge is 0.510 e. The van der Waals surface area contributed by atoms with Crippen LogP contribution in [-0.4, -0.2) is 53.7 Å². The third kappa shape index (κ3) is 11.2. The topological polar surface area (TPSA) is 139 Å². The monoisotopic (exact) mass is 901 g/mol. The van der Waals surface area contributed by atoms with E-state index in [-0.39, 0.29) is 35.8 Å². The molecule has 1 fully saturated rings. The van der Waals surface area contributed by atoms with Gasteiger partial charge in [-0.15, -0.1) is 0 Å². The van der Waals surface area contributed by atoms with Gasteiger partial charge < -0.3 is 19.9 Å². The molecule has 66 heavy (non-hydrogen) atoms. The summed E-state index contributed by atoms with van der Waals surface area (Å²) in [6.45, 7) is 23.5. The number of ether oxygens (including phenoxy) is 2. The van der Waals surface area contributed by atoms with Gasteiger partial charge in [0.15, 0.2) is 5.78 Å².